The van der Waals surface area contributed by atoms with Gasteiger partial charge >= 0.3 is 0 Å². The van der Waals surface area contributed by atoms with Gasteiger partial charge in [-0.25, -0.2) is 0 Å². The molecule has 0 aromatic rings. The van der Waals surface area contributed by atoms with E-state index in [9.17, 15) is 9.59 Å². The number of amides is 2. The van der Waals surface area contributed by atoms with Crippen LogP contribution in [0, 0.1) is 0 Å². The van der Waals surface area contributed by atoms with Crippen LogP contribution >= 0.6 is 11.8 Å². The van der Waals surface area contributed by atoms with Gasteiger partial charge in [0, 0.05) is 0 Å². The van der Waals surface area contributed by atoms with Gasteiger partial charge in [-0.2, -0.15) is 0 Å². The molecule has 1 atom stereocenters. The first-order valence-electron chi connectivity index (χ1n) is 10.5. The monoisotopic (exact) mass is 401 g/mol. The number of carbonyl (C=O) groups is 2. The lowest BCUT2D eigenvalue weighted by atomic mass is 10.1. The Morgan fingerprint density at radius 1 is 0.750 bits per heavy atom. The summed E-state index contributed by atoms with van der Waals surface area (Å²) in [6.45, 7) is 2.15. The molecular formula is C24H35NO2S. The Labute approximate surface area is 175 Å². The summed E-state index contributed by atoms with van der Waals surface area (Å²) in [5.41, 5.74) is 0. The van der Waals surface area contributed by atoms with Crippen molar-refractivity contribution in [2.45, 2.75) is 76.4 Å². The van der Waals surface area contributed by atoms with Crippen LogP contribution in [-0.4, -0.2) is 16.4 Å². The summed E-state index contributed by atoms with van der Waals surface area (Å²) in [5, 5.41) is 1.97. The van der Waals surface area contributed by atoms with Crippen molar-refractivity contribution in [1.82, 2.24) is 5.32 Å². The average Bonchev–Trinajstić information content (AvgIpc) is 3.00. The summed E-state index contributed by atoms with van der Waals surface area (Å²) in [6.07, 6.45) is 32.4. The first-order chi connectivity index (χ1) is 13.7. The van der Waals surface area contributed by atoms with Crippen LogP contribution in [0.25, 0.3) is 0 Å². The molecule has 2 amide bonds. The van der Waals surface area contributed by atoms with E-state index in [-0.39, 0.29) is 16.4 Å². The fourth-order valence-corrected chi connectivity index (χ4v) is 3.59. The van der Waals surface area contributed by atoms with Gasteiger partial charge in [0.05, 0.1) is 5.25 Å². The van der Waals surface area contributed by atoms with E-state index >= 15 is 0 Å². The molecule has 1 N–H and O–H groups in total. The van der Waals surface area contributed by atoms with Crippen molar-refractivity contribution in [3.8, 4) is 0 Å². The van der Waals surface area contributed by atoms with Crippen molar-refractivity contribution in [3.63, 3.8) is 0 Å². The highest BCUT2D eigenvalue weighted by Gasteiger charge is 2.30. The van der Waals surface area contributed by atoms with Crippen molar-refractivity contribution in [1.29, 1.82) is 0 Å². The van der Waals surface area contributed by atoms with E-state index in [4.69, 9.17) is 0 Å². The minimum absolute atomic E-state index is 0.118. The molecule has 154 valence electrons. The van der Waals surface area contributed by atoms with Crippen molar-refractivity contribution in [2.24, 2.45) is 0 Å². The van der Waals surface area contributed by atoms with Crippen LogP contribution in [0.3, 0.4) is 0 Å². The Morgan fingerprint density at radius 2 is 1.29 bits per heavy atom. The number of imide groups is 1. The molecule has 0 aromatic heterocycles. The molecule has 1 aliphatic heterocycles. The molecule has 28 heavy (non-hydrogen) atoms. The minimum Gasteiger partial charge on any atom is -0.286 e. The molecule has 1 saturated heterocycles. The third-order valence-electron chi connectivity index (χ3n) is 4.26. The van der Waals surface area contributed by atoms with Gasteiger partial charge in [-0.15, -0.1) is 0 Å². The van der Waals surface area contributed by atoms with Gasteiger partial charge < -0.3 is 0 Å². The van der Waals surface area contributed by atoms with Gasteiger partial charge in [-0.3, -0.25) is 14.9 Å². The lowest BCUT2D eigenvalue weighted by molar-refractivity contribution is -0.119. The molecule has 1 heterocycles. The zero-order valence-electron chi connectivity index (χ0n) is 17.1. The molecule has 4 heteroatoms. The Hall–Kier alpha value is -1.81. The van der Waals surface area contributed by atoms with Gasteiger partial charge in [0.2, 0.25) is 5.91 Å². The lowest BCUT2D eigenvalue weighted by Crippen LogP contribution is -2.23. The largest absolute Gasteiger partial charge is 0.286 e. The Bertz CT molecular complexity index is 587. The van der Waals surface area contributed by atoms with Crippen LogP contribution in [0.1, 0.15) is 71.1 Å². The van der Waals surface area contributed by atoms with E-state index in [1.54, 1.807) is 0 Å². The minimum atomic E-state index is -0.200. The molecule has 0 spiro atoms. The highest BCUT2D eigenvalue weighted by atomic mass is 32.2. The average molecular weight is 402 g/mol. The molecule has 0 bridgehead atoms. The SMILES string of the molecule is CC/C=C\C/C=C\C/C=C\C/C=C\C/C=C\CCCCCC1SC(=O)NC1=O. The summed E-state index contributed by atoms with van der Waals surface area (Å²) in [5.74, 6) is -0.118. The maximum absolute atomic E-state index is 11.4. The maximum atomic E-state index is 11.4. The summed E-state index contributed by atoms with van der Waals surface area (Å²) >= 11 is 1.13. The summed E-state index contributed by atoms with van der Waals surface area (Å²) in [6, 6.07) is 0. The van der Waals surface area contributed by atoms with Gasteiger partial charge in [0.25, 0.3) is 5.24 Å². The second-order valence-corrected chi connectivity index (χ2v) is 7.90. The fraction of sp³-hybridized carbons (Fsp3) is 0.500. The zero-order chi connectivity index (χ0) is 20.3. The van der Waals surface area contributed by atoms with E-state index in [2.05, 4.69) is 73.0 Å². The molecule has 1 fully saturated rings. The zero-order valence-corrected chi connectivity index (χ0v) is 18.0. The third kappa shape index (κ3) is 13.4. The normalized spacial score (nSPS) is 18.1. The number of carbonyl (C=O) groups excluding carboxylic acids is 2. The number of hydrogen-bond donors (Lipinski definition) is 1. The topological polar surface area (TPSA) is 46.2 Å². The molecule has 0 aliphatic carbocycles. The summed E-state index contributed by atoms with van der Waals surface area (Å²) in [7, 11) is 0. The molecule has 0 radical (unpaired) electrons. The summed E-state index contributed by atoms with van der Waals surface area (Å²) < 4.78 is 0. The van der Waals surface area contributed by atoms with E-state index in [0.717, 1.165) is 76.0 Å². The molecule has 0 aromatic carbocycles. The van der Waals surface area contributed by atoms with Crippen LogP contribution in [-0.2, 0) is 4.79 Å². The molecule has 1 rings (SSSR count). The van der Waals surface area contributed by atoms with Crippen molar-refractivity contribution in [3.05, 3.63) is 60.8 Å². The molecule has 1 unspecified atom stereocenters. The first kappa shape index (κ1) is 24.2. The number of allylic oxidation sites excluding steroid dienone is 10. The van der Waals surface area contributed by atoms with Crippen LogP contribution in [0.15, 0.2) is 60.8 Å². The van der Waals surface area contributed by atoms with Crippen LogP contribution in [0.4, 0.5) is 4.79 Å². The smallest absolute Gasteiger partial charge is 0.286 e. The fourth-order valence-electron chi connectivity index (χ4n) is 2.72. The molecule has 1 aliphatic rings. The Morgan fingerprint density at radius 3 is 1.79 bits per heavy atom. The highest BCUT2D eigenvalue weighted by Crippen LogP contribution is 2.24. The number of hydrogen-bond acceptors (Lipinski definition) is 3. The molecule has 0 saturated carbocycles. The third-order valence-corrected chi connectivity index (χ3v) is 5.31. The number of thioether (sulfide) groups is 1. The van der Waals surface area contributed by atoms with Crippen molar-refractivity contribution < 1.29 is 9.59 Å². The highest BCUT2D eigenvalue weighted by molar-refractivity contribution is 8.15. The Balaban J connectivity index is 1.90. The van der Waals surface area contributed by atoms with Crippen LogP contribution in [0.2, 0.25) is 0 Å². The number of rotatable bonds is 15. The number of nitrogens with one attached hydrogen (secondary N) is 1. The van der Waals surface area contributed by atoms with E-state index in [1.807, 2.05) is 0 Å². The van der Waals surface area contributed by atoms with Crippen molar-refractivity contribution in [2.75, 3.05) is 0 Å². The molecular weight excluding hydrogens is 366 g/mol. The standard InChI is InChI=1S/C24H35NO2S/c1-2-3-4-5-6-7-8-9-10-11-12-13-14-15-16-17-18-19-20-21-22-23(26)25-24(27)28-22/h3-4,6-7,9-10,12-13,15-16,22H,2,5,8,11,14,17-21H2,1H3,(H,25,26,27)/b4-3-,7-6-,10-9-,13-12-,16-15-. The first-order valence-corrected chi connectivity index (χ1v) is 11.4. The summed E-state index contributed by atoms with van der Waals surface area (Å²) in [4.78, 5) is 22.5. The second-order valence-electron chi connectivity index (χ2n) is 6.73. The molecule has 3 nitrogen and oxygen atoms in total. The lowest BCUT2D eigenvalue weighted by Gasteiger charge is -2.03. The van der Waals surface area contributed by atoms with E-state index in [1.165, 1.54) is 0 Å². The van der Waals surface area contributed by atoms with Gasteiger partial charge in [-0.1, -0.05) is 92.3 Å². The van der Waals surface area contributed by atoms with E-state index in [0.29, 0.717) is 0 Å². The Kier molecular flexibility index (Phi) is 15.0. The number of unbranched alkanes of at least 4 members (excludes halogenated alkanes) is 3. The van der Waals surface area contributed by atoms with E-state index < -0.39 is 0 Å². The van der Waals surface area contributed by atoms with Crippen molar-refractivity contribution >= 4 is 22.9 Å². The van der Waals surface area contributed by atoms with Gasteiger partial charge in [0.15, 0.2) is 0 Å². The van der Waals surface area contributed by atoms with Gasteiger partial charge in [-0.05, 0) is 51.4 Å². The van der Waals surface area contributed by atoms with Gasteiger partial charge in [0.1, 0.15) is 0 Å². The van der Waals surface area contributed by atoms with Crippen LogP contribution in [0.5, 0.6) is 0 Å². The predicted octanol–water partition coefficient (Wildman–Crippen LogP) is 7.04. The quantitative estimate of drug-likeness (QED) is 0.236. The maximum Gasteiger partial charge on any atom is 0.286 e. The predicted molar refractivity (Wildman–Crippen MR) is 122 cm³/mol. The second kappa shape index (κ2) is 17.3. The van der Waals surface area contributed by atoms with Crippen LogP contribution < -0.4 is 5.32 Å².